The standard InChI is InChI=1S/C7H11NO2/c9-7(10)2-1-5-8-6-3-4-6/h1-2,6,8H,3-5H2,(H,9,10). The fraction of sp³-hybridized carbons (Fsp3) is 0.571. The van der Waals surface area contributed by atoms with Crippen molar-refractivity contribution in [2.45, 2.75) is 18.9 Å². The van der Waals surface area contributed by atoms with E-state index in [1.54, 1.807) is 6.08 Å². The first-order valence-corrected chi connectivity index (χ1v) is 3.42. The van der Waals surface area contributed by atoms with Gasteiger partial charge in [-0.1, -0.05) is 6.08 Å². The first kappa shape index (κ1) is 7.28. The van der Waals surface area contributed by atoms with Gasteiger partial charge >= 0.3 is 5.97 Å². The molecule has 0 radical (unpaired) electrons. The van der Waals surface area contributed by atoms with Crippen molar-refractivity contribution in [3.63, 3.8) is 0 Å². The third kappa shape index (κ3) is 3.25. The molecule has 0 heterocycles. The predicted molar refractivity (Wildman–Crippen MR) is 37.8 cm³/mol. The summed E-state index contributed by atoms with van der Waals surface area (Å²) < 4.78 is 0. The van der Waals surface area contributed by atoms with E-state index >= 15 is 0 Å². The van der Waals surface area contributed by atoms with Crippen LogP contribution in [0.3, 0.4) is 0 Å². The van der Waals surface area contributed by atoms with E-state index in [4.69, 9.17) is 5.11 Å². The van der Waals surface area contributed by atoms with E-state index in [-0.39, 0.29) is 0 Å². The minimum Gasteiger partial charge on any atom is -0.478 e. The van der Waals surface area contributed by atoms with E-state index in [0.29, 0.717) is 12.6 Å². The van der Waals surface area contributed by atoms with Crippen molar-refractivity contribution >= 4 is 5.97 Å². The maximum absolute atomic E-state index is 9.95. The summed E-state index contributed by atoms with van der Waals surface area (Å²) in [6.07, 6.45) is 5.26. The molecule has 0 saturated heterocycles. The number of hydrogen-bond acceptors (Lipinski definition) is 2. The molecule has 1 fully saturated rings. The summed E-state index contributed by atoms with van der Waals surface area (Å²) in [7, 11) is 0. The highest BCUT2D eigenvalue weighted by atomic mass is 16.4. The highest BCUT2D eigenvalue weighted by Crippen LogP contribution is 2.17. The first-order chi connectivity index (χ1) is 4.79. The molecule has 56 valence electrons. The van der Waals surface area contributed by atoms with E-state index in [9.17, 15) is 4.79 Å². The Morgan fingerprint density at radius 2 is 2.40 bits per heavy atom. The molecule has 1 saturated carbocycles. The molecule has 0 spiro atoms. The second-order valence-corrected chi connectivity index (χ2v) is 2.42. The van der Waals surface area contributed by atoms with Crippen LogP contribution >= 0.6 is 0 Å². The van der Waals surface area contributed by atoms with Crippen LogP contribution in [0.5, 0.6) is 0 Å². The SMILES string of the molecule is O=C(O)C=CCNC1CC1. The number of aliphatic carboxylic acids is 1. The van der Waals surface area contributed by atoms with E-state index in [1.165, 1.54) is 12.8 Å². The summed E-state index contributed by atoms with van der Waals surface area (Å²) in [4.78, 5) is 9.95. The van der Waals surface area contributed by atoms with Gasteiger partial charge in [0.2, 0.25) is 0 Å². The van der Waals surface area contributed by atoms with Crippen molar-refractivity contribution in [1.82, 2.24) is 5.32 Å². The Balaban J connectivity index is 1.97. The minimum absolute atomic E-state index is 0.651. The van der Waals surface area contributed by atoms with Gasteiger partial charge in [-0.3, -0.25) is 0 Å². The third-order valence-corrected chi connectivity index (χ3v) is 1.36. The highest BCUT2D eigenvalue weighted by molar-refractivity contribution is 5.79. The molecule has 0 unspecified atom stereocenters. The number of hydrogen-bond donors (Lipinski definition) is 2. The highest BCUT2D eigenvalue weighted by Gasteiger charge is 2.18. The van der Waals surface area contributed by atoms with Crippen molar-refractivity contribution in [3.05, 3.63) is 12.2 Å². The predicted octanol–water partition coefficient (Wildman–Crippen LogP) is 0.379. The van der Waals surface area contributed by atoms with E-state index in [0.717, 1.165) is 6.08 Å². The maximum atomic E-state index is 9.95. The molecule has 1 aliphatic carbocycles. The lowest BCUT2D eigenvalue weighted by Gasteiger charge is -1.92. The van der Waals surface area contributed by atoms with Crippen molar-refractivity contribution < 1.29 is 9.90 Å². The third-order valence-electron chi connectivity index (χ3n) is 1.36. The van der Waals surface area contributed by atoms with Crippen LogP contribution in [-0.4, -0.2) is 23.7 Å². The van der Waals surface area contributed by atoms with Gasteiger partial charge in [-0.15, -0.1) is 0 Å². The molecule has 0 atom stereocenters. The van der Waals surface area contributed by atoms with Gasteiger partial charge in [0, 0.05) is 18.7 Å². The van der Waals surface area contributed by atoms with Crippen LogP contribution in [-0.2, 0) is 4.79 Å². The fourth-order valence-corrected chi connectivity index (χ4v) is 0.682. The molecule has 0 bridgehead atoms. The van der Waals surface area contributed by atoms with Crippen LogP contribution in [0.2, 0.25) is 0 Å². The molecule has 0 aliphatic heterocycles. The lowest BCUT2D eigenvalue weighted by molar-refractivity contribution is -0.131. The second-order valence-electron chi connectivity index (χ2n) is 2.42. The molecule has 0 amide bonds. The van der Waals surface area contributed by atoms with E-state index in [2.05, 4.69) is 5.32 Å². The molecule has 2 N–H and O–H groups in total. The van der Waals surface area contributed by atoms with Gasteiger partial charge in [-0.2, -0.15) is 0 Å². The van der Waals surface area contributed by atoms with Crippen LogP contribution < -0.4 is 5.32 Å². The first-order valence-electron chi connectivity index (χ1n) is 3.42. The van der Waals surface area contributed by atoms with Crippen molar-refractivity contribution in [1.29, 1.82) is 0 Å². The summed E-state index contributed by atoms with van der Waals surface area (Å²) in [5.74, 6) is -0.877. The van der Waals surface area contributed by atoms with Crippen LogP contribution in [0.15, 0.2) is 12.2 Å². The van der Waals surface area contributed by atoms with Crippen LogP contribution in [0.1, 0.15) is 12.8 Å². The topological polar surface area (TPSA) is 49.3 Å². The quantitative estimate of drug-likeness (QED) is 0.556. The van der Waals surface area contributed by atoms with Gasteiger partial charge in [0.05, 0.1) is 0 Å². The minimum atomic E-state index is -0.877. The summed E-state index contributed by atoms with van der Waals surface area (Å²) >= 11 is 0. The normalized spacial score (nSPS) is 18.0. The van der Waals surface area contributed by atoms with Gasteiger partial charge in [0.25, 0.3) is 0 Å². The van der Waals surface area contributed by atoms with Gasteiger partial charge < -0.3 is 10.4 Å². The number of carbonyl (C=O) groups is 1. The monoisotopic (exact) mass is 141 g/mol. The molecule has 0 aromatic rings. The molecular weight excluding hydrogens is 130 g/mol. The number of rotatable bonds is 4. The fourth-order valence-electron chi connectivity index (χ4n) is 0.682. The molecule has 1 rings (SSSR count). The second kappa shape index (κ2) is 3.37. The Bertz CT molecular complexity index is 150. The Hall–Kier alpha value is -0.830. The number of nitrogens with one attached hydrogen (secondary N) is 1. The molecule has 3 heteroatoms. The molecule has 10 heavy (non-hydrogen) atoms. The molecule has 0 aromatic carbocycles. The lowest BCUT2D eigenvalue weighted by atomic mass is 10.5. The Labute approximate surface area is 59.7 Å². The Morgan fingerprint density at radius 3 is 2.90 bits per heavy atom. The molecule has 3 nitrogen and oxygen atoms in total. The van der Waals surface area contributed by atoms with E-state index < -0.39 is 5.97 Å². The summed E-state index contributed by atoms with van der Waals surface area (Å²) in [5, 5.41) is 11.3. The van der Waals surface area contributed by atoms with Crippen LogP contribution in [0, 0.1) is 0 Å². The molecular formula is C7H11NO2. The molecule has 1 aliphatic rings. The van der Waals surface area contributed by atoms with Gasteiger partial charge in [0.1, 0.15) is 0 Å². The van der Waals surface area contributed by atoms with E-state index in [1.807, 2.05) is 0 Å². The van der Waals surface area contributed by atoms with Gasteiger partial charge in [-0.25, -0.2) is 4.79 Å². The zero-order valence-corrected chi connectivity index (χ0v) is 5.71. The number of carboxylic acid groups (broad SMARTS) is 1. The van der Waals surface area contributed by atoms with Crippen LogP contribution in [0.25, 0.3) is 0 Å². The Morgan fingerprint density at radius 1 is 1.70 bits per heavy atom. The van der Waals surface area contributed by atoms with Crippen molar-refractivity contribution in [3.8, 4) is 0 Å². The number of carboxylic acids is 1. The van der Waals surface area contributed by atoms with Crippen LogP contribution in [0.4, 0.5) is 0 Å². The Kier molecular flexibility index (Phi) is 2.45. The summed E-state index contributed by atoms with van der Waals surface area (Å²) in [5.41, 5.74) is 0. The lowest BCUT2D eigenvalue weighted by Crippen LogP contribution is -2.15. The average molecular weight is 141 g/mol. The van der Waals surface area contributed by atoms with Gasteiger partial charge in [-0.05, 0) is 12.8 Å². The summed E-state index contributed by atoms with van der Waals surface area (Å²) in [6.45, 7) is 0.678. The zero-order chi connectivity index (χ0) is 7.40. The van der Waals surface area contributed by atoms with Crippen molar-refractivity contribution in [2.75, 3.05) is 6.54 Å². The largest absolute Gasteiger partial charge is 0.478 e. The summed E-state index contributed by atoms with van der Waals surface area (Å²) in [6, 6.07) is 0.651. The zero-order valence-electron chi connectivity index (χ0n) is 5.71. The average Bonchev–Trinajstić information content (AvgIpc) is 2.62. The molecule has 0 aromatic heterocycles. The van der Waals surface area contributed by atoms with Gasteiger partial charge in [0.15, 0.2) is 0 Å². The maximum Gasteiger partial charge on any atom is 0.328 e. The smallest absolute Gasteiger partial charge is 0.328 e. The van der Waals surface area contributed by atoms with Crippen molar-refractivity contribution in [2.24, 2.45) is 0 Å².